The van der Waals surface area contributed by atoms with E-state index < -0.39 is 34.8 Å². The number of carbonyl (C=O) groups is 1. The summed E-state index contributed by atoms with van der Waals surface area (Å²) in [5.74, 6) is -3.47. The van der Waals surface area contributed by atoms with Crippen molar-refractivity contribution in [3.8, 4) is 11.4 Å². The van der Waals surface area contributed by atoms with Crippen molar-refractivity contribution in [1.82, 2.24) is 9.55 Å². The third kappa shape index (κ3) is 3.12. The zero-order valence-electron chi connectivity index (χ0n) is 15.5. The molecule has 30 heavy (non-hydrogen) atoms. The SMILES string of the molecule is C[C@@H]1[C@@H](N)CN1c1nc2c(cc1F)c(=O)c(OC(=O)O)cn2-c1ccc(F)cc1F. The maximum atomic E-state index is 14.8. The highest BCUT2D eigenvalue weighted by atomic mass is 19.1. The Bertz CT molecular complexity index is 1250. The lowest BCUT2D eigenvalue weighted by Crippen LogP contribution is -2.63. The summed E-state index contributed by atoms with van der Waals surface area (Å²) in [6.45, 7) is 2.10. The molecule has 2 aromatic heterocycles. The van der Waals surface area contributed by atoms with E-state index in [4.69, 9.17) is 10.8 Å². The highest BCUT2D eigenvalue weighted by Crippen LogP contribution is 2.30. The molecule has 0 aliphatic carbocycles. The molecule has 1 fully saturated rings. The maximum Gasteiger partial charge on any atom is 0.511 e. The van der Waals surface area contributed by atoms with E-state index in [1.165, 1.54) is 0 Å². The lowest BCUT2D eigenvalue weighted by Gasteiger charge is -2.45. The Morgan fingerprint density at radius 1 is 1.27 bits per heavy atom. The van der Waals surface area contributed by atoms with Crippen LogP contribution in [0.25, 0.3) is 16.7 Å². The number of fused-ring (bicyclic) bond motifs is 1. The first kappa shape index (κ1) is 19.7. The Kier molecular flexibility index (Phi) is 4.61. The fourth-order valence-corrected chi connectivity index (χ4v) is 3.34. The van der Waals surface area contributed by atoms with Gasteiger partial charge < -0.3 is 20.5 Å². The van der Waals surface area contributed by atoms with E-state index in [2.05, 4.69) is 9.72 Å². The van der Waals surface area contributed by atoms with Crippen LogP contribution < -0.4 is 20.8 Å². The number of hydrogen-bond acceptors (Lipinski definition) is 6. The summed E-state index contributed by atoms with van der Waals surface area (Å²) in [4.78, 5) is 29.3. The predicted molar refractivity (Wildman–Crippen MR) is 101 cm³/mol. The Morgan fingerprint density at radius 2 is 2.00 bits per heavy atom. The molecule has 4 rings (SSSR count). The van der Waals surface area contributed by atoms with Gasteiger partial charge in [0.25, 0.3) is 0 Å². The molecule has 3 aromatic rings. The van der Waals surface area contributed by atoms with Gasteiger partial charge in [0.1, 0.15) is 11.6 Å². The molecule has 0 unspecified atom stereocenters. The zero-order valence-corrected chi connectivity index (χ0v) is 15.5. The van der Waals surface area contributed by atoms with Crippen molar-refractivity contribution >= 4 is 23.0 Å². The number of aromatic nitrogens is 2. The Labute approximate surface area is 166 Å². The average Bonchev–Trinajstić information content (AvgIpc) is 2.68. The van der Waals surface area contributed by atoms with Gasteiger partial charge in [-0.25, -0.2) is 22.9 Å². The first-order valence-corrected chi connectivity index (χ1v) is 8.81. The summed E-state index contributed by atoms with van der Waals surface area (Å²) in [5, 5.41) is 8.54. The van der Waals surface area contributed by atoms with Crippen LogP contribution in [-0.2, 0) is 0 Å². The van der Waals surface area contributed by atoms with E-state index >= 15 is 0 Å². The summed E-state index contributed by atoms with van der Waals surface area (Å²) >= 11 is 0. The molecule has 3 N–H and O–H groups in total. The average molecular weight is 420 g/mol. The molecular weight excluding hydrogens is 405 g/mol. The first-order valence-electron chi connectivity index (χ1n) is 8.81. The number of pyridine rings is 2. The summed E-state index contributed by atoms with van der Waals surface area (Å²) in [5.41, 5.74) is 4.51. The van der Waals surface area contributed by atoms with E-state index in [1.54, 1.807) is 11.8 Å². The normalized spacial score (nSPS) is 18.4. The van der Waals surface area contributed by atoms with Crippen molar-refractivity contribution in [3.05, 3.63) is 58.1 Å². The van der Waals surface area contributed by atoms with Crippen LogP contribution in [0.3, 0.4) is 0 Å². The minimum absolute atomic E-state index is 0.0979. The Balaban J connectivity index is 2.02. The van der Waals surface area contributed by atoms with Crippen molar-refractivity contribution in [2.45, 2.75) is 19.0 Å². The lowest BCUT2D eigenvalue weighted by atomic mass is 9.99. The number of nitrogens with zero attached hydrogens (tertiary/aromatic N) is 3. The van der Waals surface area contributed by atoms with Gasteiger partial charge in [-0.15, -0.1) is 0 Å². The monoisotopic (exact) mass is 420 g/mol. The fourth-order valence-electron chi connectivity index (χ4n) is 3.34. The minimum atomic E-state index is -1.79. The molecule has 1 aromatic carbocycles. The number of ether oxygens (including phenoxy) is 1. The minimum Gasteiger partial charge on any atom is -0.449 e. The molecule has 0 amide bonds. The highest BCUT2D eigenvalue weighted by Gasteiger charge is 2.35. The zero-order chi connectivity index (χ0) is 21.7. The van der Waals surface area contributed by atoms with Gasteiger partial charge in [0, 0.05) is 24.7 Å². The van der Waals surface area contributed by atoms with Crippen molar-refractivity contribution in [3.63, 3.8) is 0 Å². The molecule has 0 saturated carbocycles. The third-order valence-electron chi connectivity index (χ3n) is 5.04. The second-order valence-corrected chi connectivity index (χ2v) is 6.88. The smallest absolute Gasteiger partial charge is 0.449 e. The molecule has 2 atom stereocenters. The number of rotatable bonds is 3. The summed E-state index contributed by atoms with van der Waals surface area (Å²) in [6, 6.07) is 3.13. The number of halogens is 3. The summed E-state index contributed by atoms with van der Waals surface area (Å²) in [7, 11) is 0. The molecule has 0 spiro atoms. The van der Waals surface area contributed by atoms with Crippen molar-refractivity contribution < 1.29 is 27.8 Å². The predicted octanol–water partition coefficient (Wildman–Crippen LogP) is 2.40. The second-order valence-electron chi connectivity index (χ2n) is 6.88. The van der Waals surface area contributed by atoms with Crippen LogP contribution in [0.1, 0.15) is 6.92 Å². The van der Waals surface area contributed by atoms with Gasteiger partial charge in [0.05, 0.1) is 17.3 Å². The standard InChI is InChI=1S/C19H15F3N4O4/c1-8-13(23)6-25(8)18-12(22)5-10-16(27)15(30-19(28)29)7-26(17(10)24-18)14-3-2-9(20)4-11(14)21/h2-5,7-8,13H,6,23H2,1H3,(H,28,29)/t8-,13+/m1/s1. The second kappa shape index (κ2) is 7.02. The van der Waals surface area contributed by atoms with E-state index in [0.29, 0.717) is 12.6 Å². The van der Waals surface area contributed by atoms with Gasteiger partial charge in [-0.1, -0.05) is 0 Å². The van der Waals surface area contributed by atoms with Crippen LogP contribution in [0.5, 0.6) is 5.75 Å². The fraction of sp³-hybridized carbons (Fsp3) is 0.211. The number of carboxylic acid groups (broad SMARTS) is 1. The van der Waals surface area contributed by atoms with Crippen LogP contribution in [0.15, 0.2) is 35.3 Å². The molecular formula is C19H15F3N4O4. The molecule has 0 radical (unpaired) electrons. The van der Waals surface area contributed by atoms with Gasteiger partial charge in [0.15, 0.2) is 23.0 Å². The van der Waals surface area contributed by atoms with Crippen molar-refractivity contribution in [1.29, 1.82) is 0 Å². The van der Waals surface area contributed by atoms with Gasteiger partial charge in [-0.05, 0) is 25.1 Å². The van der Waals surface area contributed by atoms with Crippen LogP contribution >= 0.6 is 0 Å². The number of benzene rings is 1. The number of nitrogens with two attached hydrogens (primary N) is 1. The molecule has 3 heterocycles. The number of hydrogen-bond donors (Lipinski definition) is 2. The largest absolute Gasteiger partial charge is 0.511 e. The first-order chi connectivity index (χ1) is 14.2. The Morgan fingerprint density at radius 3 is 2.60 bits per heavy atom. The maximum absolute atomic E-state index is 14.8. The summed E-state index contributed by atoms with van der Waals surface area (Å²) in [6.07, 6.45) is -0.874. The third-order valence-corrected chi connectivity index (χ3v) is 5.04. The molecule has 1 aliphatic rings. The highest BCUT2D eigenvalue weighted by molar-refractivity contribution is 5.81. The van der Waals surface area contributed by atoms with Gasteiger partial charge >= 0.3 is 6.16 Å². The van der Waals surface area contributed by atoms with Gasteiger partial charge in [-0.2, -0.15) is 0 Å². The molecule has 11 heteroatoms. The molecule has 0 bridgehead atoms. The van der Waals surface area contributed by atoms with Gasteiger partial charge in [-0.3, -0.25) is 9.36 Å². The number of anilines is 1. The van der Waals surface area contributed by atoms with Crippen LogP contribution in [-0.4, -0.2) is 39.4 Å². The summed E-state index contributed by atoms with van der Waals surface area (Å²) < 4.78 is 48.1. The van der Waals surface area contributed by atoms with E-state index in [1.807, 2.05) is 0 Å². The topological polar surface area (TPSA) is 111 Å². The van der Waals surface area contributed by atoms with E-state index in [9.17, 15) is 22.8 Å². The van der Waals surface area contributed by atoms with Crippen LogP contribution in [0.4, 0.5) is 23.8 Å². The molecule has 1 saturated heterocycles. The van der Waals surface area contributed by atoms with Crippen molar-refractivity contribution in [2.24, 2.45) is 5.73 Å². The van der Waals surface area contributed by atoms with Crippen LogP contribution in [0.2, 0.25) is 0 Å². The van der Waals surface area contributed by atoms with Crippen molar-refractivity contribution in [2.75, 3.05) is 11.4 Å². The molecule has 156 valence electrons. The molecule has 1 aliphatic heterocycles. The molecule has 8 nitrogen and oxygen atoms in total. The van der Waals surface area contributed by atoms with Gasteiger partial charge in [0.2, 0.25) is 5.43 Å². The van der Waals surface area contributed by atoms with E-state index in [0.717, 1.165) is 29.0 Å². The van der Waals surface area contributed by atoms with Crippen LogP contribution in [0, 0.1) is 17.5 Å². The Hall–Kier alpha value is -3.60. The lowest BCUT2D eigenvalue weighted by molar-refractivity contribution is 0.144. The van der Waals surface area contributed by atoms with E-state index in [-0.39, 0.29) is 34.6 Å². The quantitative estimate of drug-likeness (QED) is 0.626.